The Balaban J connectivity index is 2.24. The second-order valence-electron chi connectivity index (χ2n) is 3.34. The maximum absolute atomic E-state index is 5.59. The fourth-order valence-electron chi connectivity index (χ4n) is 1.28. The van der Waals surface area contributed by atoms with Crippen LogP contribution in [0.3, 0.4) is 0 Å². The van der Waals surface area contributed by atoms with Crippen LogP contribution < -0.4 is 14.8 Å². The molecule has 84 valence electrons. The van der Waals surface area contributed by atoms with Crippen LogP contribution in [0.2, 0.25) is 0 Å². The van der Waals surface area contributed by atoms with E-state index in [0.29, 0.717) is 0 Å². The highest BCUT2D eigenvalue weighted by molar-refractivity contribution is 5.32. The number of ether oxygens (including phenoxy) is 2. The molecule has 0 spiro atoms. The van der Waals surface area contributed by atoms with Crippen LogP contribution in [0.15, 0.2) is 24.3 Å². The summed E-state index contributed by atoms with van der Waals surface area (Å²) in [7, 11) is 3.62. The molecule has 0 aliphatic rings. The molecule has 1 rings (SSSR count). The first-order valence-corrected chi connectivity index (χ1v) is 5.28. The van der Waals surface area contributed by atoms with Crippen LogP contribution in [-0.4, -0.2) is 27.3 Å². The molecule has 0 aromatic heterocycles. The molecule has 0 aliphatic heterocycles. The standard InChI is InChI=1S/C12H19NO2/c1-13-8-3-4-9-15-12-7-5-6-11(10-12)14-2/h5-7,10,13H,3-4,8-9H2,1-2H3. The highest BCUT2D eigenvalue weighted by Crippen LogP contribution is 2.18. The van der Waals surface area contributed by atoms with E-state index in [-0.39, 0.29) is 0 Å². The lowest BCUT2D eigenvalue weighted by molar-refractivity contribution is 0.304. The highest BCUT2D eigenvalue weighted by atomic mass is 16.5. The summed E-state index contributed by atoms with van der Waals surface area (Å²) in [4.78, 5) is 0. The maximum atomic E-state index is 5.59. The van der Waals surface area contributed by atoms with Gasteiger partial charge in [0.05, 0.1) is 13.7 Å². The third-order valence-corrected chi connectivity index (χ3v) is 2.13. The lowest BCUT2D eigenvalue weighted by Crippen LogP contribution is -2.09. The first kappa shape index (κ1) is 11.9. The molecule has 0 amide bonds. The predicted octanol–water partition coefficient (Wildman–Crippen LogP) is 2.07. The first-order valence-electron chi connectivity index (χ1n) is 5.28. The van der Waals surface area contributed by atoms with Crippen molar-refractivity contribution in [1.82, 2.24) is 5.32 Å². The number of hydrogen-bond acceptors (Lipinski definition) is 3. The summed E-state index contributed by atoms with van der Waals surface area (Å²) in [5.41, 5.74) is 0. The van der Waals surface area contributed by atoms with E-state index in [0.717, 1.165) is 37.5 Å². The zero-order valence-corrected chi connectivity index (χ0v) is 9.45. The van der Waals surface area contributed by atoms with Crippen molar-refractivity contribution < 1.29 is 9.47 Å². The van der Waals surface area contributed by atoms with Crippen LogP contribution in [0.5, 0.6) is 11.5 Å². The summed E-state index contributed by atoms with van der Waals surface area (Å²) in [5.74, 6) is 1.71. The van der Waals surface area contributed by atoms with E-state index in [1.54, 1.807) is 7.11 Å². The van der Waals surface area contributed by atoms with Crippen molar-refractivity contribution in [3.63, 3.8) is 0 Å². The molecular weight excluding hydrogens is 190 g/mol. The fraction of sp³-hybridized carbons (Fsp3) is 0.500. The number of unbranched alkanes of at least 4 members (excludes halogenated alkanes) is 1. The van der Waals surface area contributed by atoms with Crippen molar-refractivity contribution in [2.75, 3.05) is 27.3 Å². The van der Waals surface area contributed by atoms with E-state index in [1.165, 1.54) is 0 Å². The summed E-state index contributed by atoms with van der Waals surface area (Å²) >= 11 is 0. The normalized spacial score (nSPS) is 10.0. The lowest BCUT2D eigenvalue weighted by Gasteiger charge is -2.07. The number of nitrogens with one attached hydrogen (secondary N) is 1. The summed E-state index contributed by atoms with van der Waals surface area (Å²) in [5, 5.41) is 3.11. The molecule has 0 saturated heterocycles. The zero-order valence-electron chi connectivity index (χ0n) is 9.45. The molecule has 3 heteroatoms. The van der Waals surface area contributed by atoms with Crippen molar-refractivity contribution in [3.8, 4) is 11.5 Å². The molecular formula is C12H19NO2. The van der Waals surface area contributed by atoms with Gasteiger partial charge in [0, 0.05) is 6.07 Å². The van der Waals surface area contributed by atoms with Crippen LogP contribution in [-0.2, 0) is 0 Å². The van der Waals surface area contributed by atoms with Crippen LogP contribution in [0, 0.1) is 0 Å². The summed E-state index contributed by atoms with van der Waals surface area (Å²) in [6.45, 7) is 1.80. The number of methoxy groups -OCH3 is 1. The summed E-state index contributed by atoms with van der Waals surface area (Å²) < 4.78 is 10.7. The van der Waals surface area contributed by atoms with Gasteiger partial charge in [-0.1, -0.05) is 6.07 Å². The van der Waals surface area contributed by atoms with Crippen molar-refractivity contribution >= 4 is 0 Å². The van der Waals surface area contributed by atoms with Gasteiger partial charge in [0.2, 0.25) is 0 Å². The molecule has 3 nitrogen and oxygen atoms in total. The second kappa shape index (κ2) is 7.12. The lowest BCUT2D eigenvalue weighted by atomic mass is 10.3. The van der Waals surface area contributed by atoms with Crippen LogP contribution in [0.4, 0.5) is 0 Å². The maximum Gasteiger partial charge on any atom is 0.122 e. The molecule has 0 atom stereocenters. The van der Waals surface area contributed by atoms with Crippen molar-refractivity contribution in [1.29, 1.82) is 0 Å². The van der Waals surface area contributed by atoms with Crippen molar-refractivity contribution in [2.45, 2.75) is 12.8 Å². The van der Waals surface area contributed by atoms with Gasteiger partial charge in [-0.25, -0.2) is 0 Å². The molecule has 0 radical (unpaired) electrons. The molecule has 0 saturated carbocycles. The Morgan fingerprint density at radius 1 is 1.20 bits per heavy atom. The van der Waals surface area contributed by atoms with E-state index in [2.05, 4.69) is 5.32 Å². The Morgan fingerprint density at radius 3 is 2.73 bits per heavy atom. The van der Waals surface area contributed by atoms with E-state index in [9.17, 15) is 0 Å². The third-order valence-electron chi connectivity index (χ3n) is 2.13. The Labute approximate surface area is 91.4 Å². The van der Waals surface area contributed by atoms with Gasteiger partial charge < -0.3 is 14.8 Å². The largest absolute Gasteiger partial charge is 0.497 e. The molecule has 15 heavy (non-hydrogen) atoms. The molecule has 0 unspecified atom stereocenters. The minimum absolute atomic E-state index is 0.759. The number of rotatable bonds is 7. The molecule has 0 heterocycles. The summed E-state index contributed by atoms with van der Waals surface area (Å²) in [6, 6.07) is 7.69. The smallest absolute Gasteiger partial charge is 0.122 e. The average Bonchev–Trinajstić information content (AvgIpc) is 2.29. The fourth-order valence-corrected chi connectivity index (χ4v) is 1.28. The number of benzene rings is 1. The Hall–Kier alpha value is -1.22. The highest BCUT2D eigenvalue weighted by Gasteiger charge is 1.96. The molecule has 1 N–H and O–H groups in total. The Bertz CT molecular complexity index is 276. The Kier molecular flexibility index (Phi) is 5.63. The van der Waals surface area contributed by atoms with Gasteiger partial charge >= 0.3 is 0 Å². The van der Waals surface area contributed by atoms with Gasteiger partial charge in [0.25, 0.3) is 0 Å². The van der Waals surface area contributed by atoms with E-state index >= 15 is 0 Å². The molecule has 0 aliphatic carbocycles. The Morgan fingerprint density at radius 2 is 2.00 bits per heavy atom. The van der Waals surface area contributed by atoms with Gasteiger partial charge in [-0.05, 0) is 38.6 Å². The molecule has 0 fully saturated rings. The zero-order chi connectivity index (χ0) is 10.9. The molecule has 0 bridgehead atoms. The van der Waals surface area contributed by atoms with Gasteiger partial charge in [0.1, 0.15) is 11.5 Å². The van der Waals surface area contributed by atoms with E-state index < -0.39 is 0 Å². The molecule has 1 aromatic carbocycles. The van der Waals surface area contributed by atoms with Crippen LogP contribution in [0.1, 0.15) is 12.8 Å². The third kappa shape index (κ3) is 4.70. The van der Waals surface area contributed by atoms with Crippen molar-refractivity contribution in [3.05, 3.63) is 24.3 Å². The molecule has 1 aromatic rings. The van der Waals surface area contributed by atoms with Crippen LogP contribution >= 0.6 is 0 Å². The minimum Gasteiger partial charge on any atom is -0.497 e. The SMILES string of the molecule is CNCCCCOc1cccc(OC)c1. The summed E-state index contributed by atoms with van der Waals surface area (Å²) in [6.07, 6.45) is 2.21. The monoisotopic (exact) mass is 209 g/mol. The second-order valence-corrected chi connectivity index (χ2v) is 3.34. The van der Waals surface area contributed by atoms with Gasteiger partial charge in [-0.3, -0.25) is 0 Å². The van der Waals surface area contributed by atoms with Gasteiger partial charge in [-0.2, -0.15) is 0 Å². The predicted molar refractivity (Wildman–Crippen MR) is 61.6 cm³/mol. The van der Waals surface area contributed by atoms with Crippen molar-refractivity contribution in [2.24, 2.45) is 0 Å². The van der Waals surface area contributed by atoms with Crippen LogP contribution in [0.25, 0.3) is 0 Å². The average molecular weight is 209 g/mol. The minimum atomic E-state index is 0.759. The number of hydrogen-bond donors (Lipinski definition) is 1. The van der Waals surface area contributed by atoms with E-state index in [1.807, 2.05) is 31.3 Å². The topological polar surface area (TPSA) is 30.5 Å². The van der Waals surface area contributed by atoms with E-state index in [4.69, 9.17) is 9.47 Å². The van der Waals surface area contributed by atoms with Gasteiger partial charge in [0.15, 0.2) is 0 Å². The quantitative estimate of drug-likeness (QED) is 0.697. The first-order chi connectivity index (χ1) is 7.36. The van der Waals surface area contributed by atoms with Gasteiger partial charge in [-0.15, -0.1) is 0 Å².